The van der Waals surface area contributed by atoms with E-state index >= 15 is 0 Å². The molecule has 2 amide bonds. The van der Waals surface area contributed by atoms with Gasteiger partial charge >= 0.3 is 12.3 Å². The average Bonchev–Trinajstić information content (AvgIpc) is 2.42. The fourth-order valence-electron chi connectivity index (χ4n) is 2.20. The Hall–Kier alpha value is -2.25. The van der Waals surface area contributed by atoms with Gasteiger partial charge in [-0.15, -0.1) is 0 Å². The van der Waals surface area contributed by atoms with Crippen molar-refractivity contribution in [3.05, 3.63) is 35.4 Å². The fraction of sp³-hybridized carbons (Fsp3) is 0.385. The van der Waals surface area contributed by atoms with Crippen molar-refractivity contribution in [1.29, 1.82) is 0 Å². The van der Waals surface area contributed by atoms with Crippen LogP contribution in [0.1, 0.15) is 11.1 Å². The minimum Gasteiger partial charge on any atom is -0.440 e. The standard InChI is InChI=1S/C13H13F3N2O3/c14-13(15,16)7-21-12(20)18-6-9-4-2-1-3-8(9)5-10(18)11(17)19/h1-4,10H,5-7H2,(H2,17,19)/t10-/m0/s1. The maximum atomic E-state index is 12.1. The van der Waals surface area contributed by atoms with Crippen molar-refractivity contribution in [3.8, 4) is 0 Å². The Morgan fingerprint density at radius 2 is 1.90 bits per heavy atom. The normalized spacial score (nSPS) is 18.0. The molecule has 1 atom stereocenters. The molecule has 5 nitrogen and oxygen atoms in total. The number of ether oxygens (including phenoxy) is 1. The number of hydrogen-bond acceptors (Lipinski definition) is 3. The number of hydrogen-bond donors (Lipinski definition) is 1. The monoisotopic (exact) mass is 302 g/mol. The van der Waals surface area contributed by atoms with Crippen LogP contribution in [0.5, 0.6) is 0 Å². The summed E-state index contributed by atoms with van der Waals surface area (Å²) in [5.74, 6) is -0.784. The number of benzene rings is 1. The van der Waals surface area contributed by atoms with Gasteiger partial charge in [0.1, 0.15) is 6.04 Å². The van der Waals surface area contributed by atoms with E-state index in [-0.39, 0.29) is 13.0 Å². The Kier molecular flexibility index (Phi) is 4.06. The van der Waals surface area contributed by atoms with Crippen molar-refractivity contribution in [3.63, 3.8) is 0 Å². The molecule has 21 heavy (non-hydrogen) atoms. The zero-order valence-corrected chi connectivity index (χ0v) is 10.9. The highest BCUT2D eigenvalue weighted by atomic mass is 19.4. The predicted molar refractivity (Wildman–Crippen MR) is 66.1 cm³/mol. The van der Waals surface area contributed by atoms with Crippen molar-refractivity contribution < 1.29 is 27.5 Å². The summed E-state index contributed by atoms with van der Waals surface area (Å²) < 4.78 is 40.5. The molecule has 0 aromatic heterocycles. The number of nitrogens with zero attached hydrogens (tertiary/aromatic N) is 1. The van der Waals surface area contributed by atoms with Gasteiger partial charge in [0.15, 0.2) is 6.61 Å². The first-order valence-corrected chi connectivity index (χ1v) is 6.14. The Balaban J connectivity index is 2.17. The van der Waals surface area contributed by atoms with Crippen LogP contribution < -0.4 is 5.73 Å². The molecule has 8 heteroatoms. The van der Waals surface area contributed by atoms with Gasteiger partial charge in [-0.3, -0.25) is 9.69 Å². The third kappa shape index (κ3) is 3.65. The second-order valence-corrected chi connectivity index (χ2v) is 4.69. The van der Waals surface area contributed by atoms with Crippen molar-refractivity contribution in [1.82, 2.24) is 4.90 Å². The van der Waals surface area contributed by atoms with Crippen LogP contribution in [0.25, 0.3) is 0 Å². The molecule has 0 saturated carbocycles. The molecular formula is C13H13F3N2O3. The number of carbonyl (C=O) groups excluding carboxylic acids is 2. The van der Waals surface area contributed by atoms with Crippen LogP contribution >= 0.6 is 0 Å². The zero-order chi connectivity index (χ0) is 15.6. The van der Waals surface area contributed by atoms with Crippen molar-refractivity contribution in [2.24, 2.45) is 5.73 Å². The summed E-state index contributed by atoms with van der Waals surface area (Å²) in [6, 6.07) is 6.01. The maximum absolute atomic E-state index is 12.1. The number of carbonyl (C=O) groups is 2. The summed E-state index contributed by atoms with van der Waals surface area (Å²) in [7, 11) is 0. The van der Waals surface area contributed by atoms with E-state index in [2.05, 4.69) is 4.74 Å². The van der Waals surface area contributed by atoms with Gasteiger partial charge in [-0.1, -0.05) is 24.3 Å². The molecule has 0 unspecified atom stereocenters. The first-order valence-electron chi connectivity index (χ1n) is 6.14. The topological polar surface area (TPSA) is 72.6 Å². The Labute approximate surface area is 118 Å². The molecule has 0 spiro atoms. The highest BCUT2D eigenvalue weighted by Gasteiger charge is 2.36. The van der Waals surface area contributed by atoms with E-state index in [1.807, 2.05) is 0 Å². The van der Waals surface area contributed by atoms with Crippen LogP contribution in [0.15, 0.2) is 24.3 Å². The minimum atomic E-state index is -4.62. The summed E-state index contributed by atoms with van der Waals surface area (Å²) >= 11 is 0. The lowest BCUT2D eigenvalue weighted by Crippen LogP contribution is -2.51. The second kappa shape index (κ2) is 5.63. The van der Waals surface area contributed by atoms with Gasteiger partial charge in [0.2, 0.25) is 5.91 Å². The fourth-order valence-corrected chi connectivity index (χ4v) is 2.20. The van der Waals surface area contributed by atoms with Gasteiger partial charge in [0.25, 0.3) is 0 Å². The van der Waals surface area contributed by atoms with Crippen LogP contribution in [0, 0.1) is 0 Å². The third-order valence-electron chi connectivity index (χ3n) is 3.17. The molecule has 114 valence electrons. The molecule has 0 aliphatic carbocycles. The molecule has 1 aliphatic heterocycles. The molecule has 2 N–H and O–H groups in total. The average molecular weight is 302 g/mol. The molecule has 0 bridgehead atoms. The SMILES string of the molecule is NC(=O)[C@@H]1Cc2ccccc2CN1C(=O)OCC(F)(F)F. The Morgan fingerprint density at radius 3 is 2.48 bits per heavy atom. The molecule has 1 aromatic carbocycles. The van der Waals surface area contributed by atoms with Crippen LogP contribution in [-0.2, 0) is 22.5 Å². The quantitative estimate of drug-likeness (QED) is 0.902. The summed E-state index contributed by atoms with van der Waals surface area (Å²) in [5, 5.41) is 0. The van der Waals surface area contributed by atoms with Crippen molar-refractivity contribution in [2.75, 3.05) is 6.61 Å². The summed E-state index contributed by atoms with van der Waals surface area (Å²) in [4.78, 5) is 24.1. The van der Waals surface area contributed by atoms with Crippen molar-refractivity contribution in [2.45, 2.75) is 25.2 Å². The molecule has 1 heterocycles. The van der Waals surface area contributed by atoms with Crippen LogP contribution in [0.3, 0.4) is 0 Å². The first kappa shape index (κ1) is 15.1. The summed E-state index contributed by atoms with van der Waals surface area (Å²) in [5.41, 5.74) is 6.81. The molecule has 0 saturated heterocycles. The number of primary amides is 1. The van der Waals surface area contributed by atoms with E-state index in [1.165, 1.54) is 0 Å². The molecular weight excluding hydrogens is 289 g/mol. The molecule has 2 rings (SSSR count). The number of halogens is 3. The van der Waals surface area contributed by atoms with E-state index in [1.54, 1.807) is 24.3 Å². The third-order valence-corrected chi connectivity index (χ3v) is 3.17. The number of amides is 2. The van der Waals surface area contributed by atoms with E-state index in [0.29, 0.717) is 0 Å². The number of alkyl halides is 3. The lowest BCUT2D eigenvalue weighted by Gasteiger charge is -2.34. The van der Waals surface area contributed by atoms with Gasteiger partial charge in [-0.2, -0.15) is 13.2 Å². The second-order valence-electron chi connectivity index (χ2n) is 4.69. The van der Waals surface area contributed by atoms with Gasteiger partial charge < -0.3 is 10.5 Å². The number of nitrogens with two attached hydrogens (primary N) is 1. The summed E-state index contributed by atoms with van der Waals surface area (Å²) in [6.07, 6.45) is -5.66. The van der Waals surface area contributed by atoms with E-state index in [9.17, 15) is 22.8 Å². The maximum Gasteiger partial charge on any atom is 0.422 e. The lowest BCUT2D eigenvalue weighted by molar-refractivity contribution is -0.163. The minimum absolute atomic E-state index is 0.0134. The Morgan fingerprint density at radius 1 is 1.29 bits per heavy atom. The number of rotatable bonds is 2. The van der Waals surface area contributed by atoms with Gasteiger partial charge in [0.05, 0.1) is 6.54 Å². The predicted octanol–water partition coefficient (Wildman–Crippen LogP) is 1.60. The van der Waals surface area contributed by atoms with Crippen LogP contribution in [0.4, 0.5) is 18.0 Å². The number of fused-ring (bicyclic) bond motifs is 1. The van der Waals surface area contributed by atoms with Crippen LogP contribution in [-0.4, -0.2) is 35.7 Å². The first-order chi connectivity index (χ1) is 9.78. The Bertz CT molecular complexity index is 560. The van der Waals surface area contributed by atoms with Gasteiger partial charge in [-0.05, 0) is 11.1 Å². The summed E-state index contributed by atoms with van der Waals surface area (Å²) in [6.45, 7) is -1.71. The highest BCUT2D eigenvalue weighted by molar-refractivity contribution is 5.85. The lowest BCUT2D eigenvalue weighted by atomic mass is 9.94. The smallest absolute Gasteiger partial charge is 0.422 e. The molecule has 0 radical (unpaired) electrons. The van der Waals surface area contributed by atoms with Gasteiger partial charge in [0, 0.05) is 6.42 Å². The zero-order valence-electron chi connectivity index (χ0n) is 10.9. The molecule has 0 fully saturated rings. The van der Waals surface area contributed by atoms with Crippen molar-refractivity contribution >= 4 is 12.0 Å². The highest BCUT2D eigenvalue weighted by Crippen LogP contribution is 2.24. The largest absolute Gasteiger partial charge is 0.440 e. The molecule has 1 aliphatic rings. The van der Waals surface area contributed by atoms with E-state index in [0.717, 1.165) is 16.0 Å². The van der Waals surface area contributed by atoms with E-state index in [4.69, 9.17) is 5.73 Å². The van der Waals surface area contributed by atoms with E-state index < -0.39 is 30.8 Å². The van der Waals surface area contributed by atoms with Gasteiger partial charge in [-0.25, -0.2) is 4.79 Å². The molecule has 1 aromatic rings. The van der Waals surface area contributed by atoms with Crippen LogP contribution in [0.2, 0.25) is 0 Å².